The molecule has 1 aromatic carbocycles. The van der Waals surface area contributed by atoms with Gasteiger partial charge in [-0.25, -0.2) is 4.79 Å². The minimum Gasteiger partial charge on any atom is -0.496 e. The van der Waals surface area contributed by atoms with Crippen LogP contribution in [0.25, 0.3) is 0 Å². The largest absolute Gasteiger partial charge is 0.496 e. The van der Waals surface area contributed by atoms with Gasteiger partial charge >= 0.3 is 5.97 Å². The Balaban J connectivity index is 3.79. The summed E-state index contributed by atoms with van der Waals surface area (Å²) in [6.45, 7) is 7.73. The Morgan fingerprint density at radius 3 is 2.26 bits per heavy atom. The lowest BCUT2D eigenvalue weighted by atomic mass is 9.82. The van der Waals surface area contributed by atoms with Crippen molar-refractivity contribution in [3.8, 4) is 11.8 Å². The van der Waals surface area contributed by atoms with E-state index in [9.17, 15) is 10.1 Å². The number of rotatable bonds is 2. The summed E-state index contributed by atoms with van der Waals surface area (Å²) in [5.41, 5.74) is 1.95. The molecular weight excluding hydrogens is 242 g/mol. The summed E-state index contributed by atoms with van der Waals surface area (Å²) in [5, 5.41) is 9.21. The fourth-order valence-corrected chi connectivity index (χ4v) is 1.99. The Kier molecular flexibility index (Phi) is 4.21. The lowest BCUT2D eigenvalue weighted by molar-refractivity contribution is 0.0596. The molecule has 102 valence electrons. The van der Waals surface area contributed by atoms with Crippen LogP contribution in [0.4, 0.5) is 0 Å². The van der Waals surface area contributed by atoms with Gasteiger partial charge in [0, 0.05) is 5.56 Å². The van der Waals surface area contributed by atoms with Gasteiger partial charge in [0.05, 0.1) is 25.9 Å². The second-order valence-electron chi connectivity index (χ2n) is 5.36. The highest BCUT2D eigenvalue weighted by molar-refractivity contribution is 5.95. The first-order chi connectivity index (χ1) is 8.77. The number of methoxy groups -OCH3 is 2. The molecule has 0 fully saturated rings. The van der Waals surface area contributed by atoms with Gasteiger partial charge in [0.2, 0.25) is 0 Å². The van der Waals surface area contributed by atoms with Crippen LogP contribution in [-0.2, 0) is 10.2 Å². The normalized spacial score (nSPS) is 10.8. The maximum absolute atomic E-state index is 11.9. The van der Waals surface area contributed by atoms with Crippen LogP contribution in [0.5, 0.6) is 5.75 Å². The molecule has 1 aromatic rings. The number of nitriles is 1. The first-order valence-corrected chi connectivity index (χ1v) is 5.98. The number of hydrogen-bond donors (Lipinski definition) is 0. The van der Waals surface area contributed by atoms with Gasteiger partial charge in [-0.15, -0.1) is 0 Å². The average molecular weight is 261 g/mol. The van der Waals surface area contributed by atoms with Crippen LogP contribution < -0.4 is 4.74 Å². The Bertz CT molecular complexity index is 548. The second-order valence-corrected chi connectivity index (χ2v) is 5.36. The molecule has 0 N–H and O–H groups in total. The van der Waals surface area contributed by atoms with E-state index in [0.717, 1.165) is 5.56 Å². The number of ether oxygens (including phenoxy) is 2. The summed E-state index contributed by atoms with van der Waals surface area (Å²) in [5.74, 6) is -0.00667. The van der Waals surface area contributed by atoms with E-state index >= 15 is 0 Å². The van der Waals surface area contributed by atoms with Gasteiger partial charge in [0.1, 0.15) is 11.3 Å². The standard InChI is InChI=1S/C15H19NO3/c1-9-10(8-16)7-11(15(2,3)4)13(18-5)12(9)14(17)19-6/h7H,1-6H3. The van der Waals surface area contributed by atoms with Crippen molar-refractivity contribution in [2.24, 2.45) is 0 Å². The summed E-state index contributed by atoms with van der Waals surface area (Å²) in [7, 11) is 2.83. The van der Waals surface area contributed by atoms with Crippen molar-refractivity contribution >= 4 is 5.97 Å². The first-order valence-electron chi connectivity index (χ1n) is 5.98. The summed E-state index contributed by atoms with van der Waals surface area (Å²) in [6, 6.07) is 3.89. The Morgan fingerprint density at radius 1 is 1.32 bits per heavy atom. The van der Waals surface area contributed by atoms with Crippen LogP contribution in [0.2, 0.25) is 0 Å². The molecule has 0 heterocycles. The number of nitrogens with zero attached hydrogens (tertiary/aromatic N) is 1. The van der Waals surface area contributed by atoms with Crippen molar-refractivity contribution < 1.29 is 14.3 Å². The number of hydrogen-bond acceptors (Lipinski definition) is 4. The van der Waals surface area contributed by atoms with Crippen molar-refractivity contribution in [2.45, 2.75) is 33.1 Å². The third-order valence-electron chi connectivity index (χ3n) is 3.06. The predicted molar refractivity (Wildman–Crippen MR) is 72.5 cm³/mol. The molecule has 19 heavy (non-hydrogen) atoms. The van der Waals surface area contributed by atoms with Gasteiger partial charge in [-0.3, -0.25) is 0 Å². The predicted octanol–water partition coefficient (Wildman–Crippen LogP) is 2.96. The zero-order chi connectivity index (χ0) is 14.8. The van der Waals surface area contributed by atoms with Crippen LogP contribution >= 0.6 is 0 Å². The molecule has 4 nitrogen and oxygen atoms in total. The van der Waals surface area contributed by atoms with E-state index in [4.69, 9.17) is 9.47 Å². The highest BCUT2D eigenvalue weighted by Crippen LogP contribution is 2.37. The fraction of sp³-hybridized carbons (Fsp3) is 0.467. The molecule has 0 aliphatic heterocycles. The molecular formula is C15H19NO3. The quantitative estimate of drug-likeness (QED) is 0.768. The molecule has 4 heteroatoms. The first kappa shape index (κ1) is 15.0. The van der Waals surface area contributed by atoms with Crippen molar-refractivity contribution in [3.05, 3.63) is 28.3 Å². The molecule has 0 saturated carbocycles. The summed E-state index contributed by atoms with van der Waals surface area (Å²) in [6.07, 6.45) is 0. The third-order valence-corrected chi connectivity index (χ3v) is 3.06. The van der Waals surface area contributed by atoms with Crippen molar-refractivity contribution in [3.63, 3.8) is 0 Å². The molecule has 0 bridgehead atoms. The molecule has 0 saturated heterocycles. The van der Waals surface area contributed by atoms with E-state index in [1.165, 1.54) is 14.2 Å². The fourth-order valence-electron chi connectivity index (χ4n) is 1.99. The monoisotopic (exact) mass is 261 g/mol. The van der Waals surface area contributed by atoms with Gasteiger partial charge in [0.25, 0.3) is 0 Å². The van der Waals surface area contributed by atoms with E-state index in [0.29, 0.717) is 22.4 Å². The second kappa shape index (κ2) is 5.31. The van der Waals surface area contributed by atoms with Crippen molar-refractivity contribution in [2.75, 3.05) is 14.2 Å². The smallest absolute Gasteiger partial charge is 0.341 e. The lowest BCUT2D eigenvalue weighted by Crippen LogP contribution is -2.18. The Labute approximate surface area is 113 Å². The van der Waals surface area contributed by atoms with Crippen molar-refractivity contribution in [1.82, 2.24) is 0 Å². The zero-order valence-electron chi connectivity index (χ0n) is 12.2. The molecule has 0 atom stereocenters. The van der Waals surface area contributed by atoms with Gasteiger partial charge in [-0.2, -0.15) is 5.26 Å². The highest BCUT2D eigenvalue weighted by atomic mass is 16.5. The molecule has 0 aromatic heterocycles. The van der Waals surface area contributed by atoms with Crippen LogP contribution in [0, 0.1) is 18.3 Å². The van der Waals surface area contributed by atoms with E-state index in [1.54, 1.807) is 13.0 Å². The van der Waals surface area contributed by atoms with Gasteiger partial charge in [-0.1, -0.05) is 20.8 Å². The molecule has 0 unspecified atom stereocenters. The topological polar surface area (TPSA) is 59.3 Å². The average Bonchev–Trinajstić information content (AvgIpc) is 2.35. The molecule has 0 aliphatic carbocycles. The Morgan fingerprint density at radius 2 is 1.89 bits per heavy atom. The van der Waals surface area contributed by atoms with E-state index in [1.807, 2.05) is 20.8 Å². The lowest BCUT2D eigenvalue weighted by Gasteiger charge is -2.25. The maximum Gasteiger partial charge on any atom is 0.341 e. The van der Waals surface area contributed by atoms with Crippen LogP contribution in [0.15, 0.2) is 6.07 Å². The minimum atomic E-state index is -0.489. The van der Waals surface area contributed by atoms with Gasteiger partial charge in [0.15, 0.2) is 0 Å². The number of carbonyl (C=O) groups excluding carboxylic acids is 1. The van der Waals surface area contributed by atoms with Gasteiger partial charge in [-0.05, 0) is 24.0 Å². The summed E-state index contributed by atoms with van der Waals surface area (Å²) < 4.78 is 10.2. The maximum atomic E-state index is 11.9. The molecule has 0 spiro atoms. The summed E-state index contributed by atoms with van der Waals surface area (Å²) in [4.78, 5) is 11.9. The van der Waals surface area contributed by atoms with E-state index in [2.05, 4.69) is 6.07 Å². The van der Waals surface area contributed by atoms with Crippen molar-refractivity contribution in [1.29, 1.82) is 5.26 Å². The Hall–Kier alpha value is -2.02. The minimum absolute atomic E-state index is 0.243. The number of esters is 1. The van der Waals surface area contributed by atoms with E-state index in [-0.39, 0.29) is 5.41 Å². The van der Waals surface area contributed by atoms with Crippen LogP contribution in [0.3, 0.4) is 0 Å². The molecule has 0 aliphatic rings. The summed E-state index contributed by atoms with van der Waals surface area (Å²) >= 11 is 0. The number of carbonyl (C=O) groups is 1. The highest BCUT2D eigenvalue weighted by Gasteiger charge is 2.28. The molecule has 0 amide bonds. The molecule has 0 radical (unpaired) electrons. The van der Waals surface area contributed by atoms with Gasteiger partial charge < -0.3 is 9.47 Å². The SMILES string of the molecule is COC(=O)c1c(C)c(C#N)cc(C(C)(C)C)c1OC. The zero-order valence-corrected chi connectivity index (χ0v) is 12.2. The van der Waals surface area contributed by atoms with E-state index < -0.39 is 5.97 Å². The molecule has 1 rings (SSSR count). The third kappa shape index (κ3) is 2.70. The van der Waals surface area contributed by atoms with Crippen LogP contribution in [-0.4, -0.2) is 20.2 Å². The van der Waals surface area contributed by atoms with Crippen LogP contribution in [0.1, 0.15) is 47.8 Å². The number of benzene rings is 1.